The summed E-state index contributed by atoms with van der Waals surface area (Å²) < 4.78 is 0. The minimum atomic E-state index is -0.865. The van der Waals surface area contributed by atoms with Crippen molar-refractivity contribution in [2.75, 3.05) is 13.6 Å². The van der Waals surface area contributed by atoms with Gasteiger partial charge in [-0.15, -0.1) is 0 Å². The zero-order chi connectivity index (χ0) is 12.1. The summed E-state index contributed by atoms with van der Waals surface area (Å²) in [5.74, 6) is -0.423. The van der Waals surface area contributed by atoms with E-state index in [0.717, 1.165) is 19.4 Å². The van der Waals surface area contributed by atoms with E-state index < -0.39 is 11.4 Å². The Morgan fingerprint density at radius 2 is 2.07 bits per heavy atom. The Kier molecular flexibility index (Phi) is 5.83. The van der Waals surface area contributed by atoms with Gasteiger partial charge < -0.3 is 16.4 Å². The van der Waals surface area contributed by atoms with Gasteiger partial charge in [0, 0.05) is 6.04 Å². The van der Waals surface area contributed by atoms with Crippen molar-refractivity contribution in [3.05, 3.63) is 0 Å². The van der Waals surface area contributed by atoms with Crippen molar-refractivity contribution >= 4 is 5.91 Å². The van der Waals surface area contributed by atoms with E-state index in [0.29, 0.717) is 12.5 Å². The SMILES string of the molecule is CCC(C)N(C)CCCC(C)(N)C(N)=O. The van der Waals surface area contributed by atoms with Crippen molar-refractivity contribution in [2.24, 2.45) is 11.5 Å². The van der Waals surface area contributed by atoms with Gasteiger partial charge in [0.1, 0.15) is 0 Å². The summed E-state index contributed by atoms with van der Waals surface area (Å²) in [5, 5.41) is 0. The fourth-order valence-electron chi connectivity index (χ4n) is 1.35. The first kappa shape index (κ1) is 14.4. The smallest absolute Gasteiger partial charge is 0.237 e. The molecule has 4 heteroatoms. The second kappa shape index (κ2) is 6.08. The fourth-order valence-corrected chi connectivity index (χ4v) is 1.35. The molecular formula is C11H25N3O. The number of carbonyl (C=O) groups excluding carboxylic acids is 1. The summed E-state index contributed by atoms with van der Waals surface area (Å²) in [6.07, 6.45) is 2.67. The fraction of sp³-hybridized carbons (Fsp3) is 0.909. The Labute approximate surface area is 93.0 Å². The topological polar surface area (TPSA) is 72.3 Å². The molecule has 0 rings (SSSR count). The van der Waals surface area contributed by atoms with Crippen molar-refractivity contribution in [2.45, 2.75) is 51.6 Å². The molecule has 0 heterocycles. The maximum absolute atomic E-state index is 11.0. The average molecular weight is 215 g/mol. The molecule has 15 heavy (non-hydrogen) atoms. The van der Waals surface area contributed by atoms with Gasteiger partial charge in [0.2, 0.25) is 5.91 Å². The van der Waals surface area contributed by atoms with Crippen LogP contribution in [0.4, 0.5) is 0 Å². The number of amides is 1. The highest BCUT2D eigenvalue weighted by molar-refractivity contribution is 5.83. The highest BCUT2D eigenvalue weighted by atomic mass is 16.1. The van der Waals surface area contributed by atoms with Crippen LogP contribution in [0.5, 0.6) is 0 Å². The molecule has 0 aliphatic rings. The first-order valence-corrected chi connectivity index (χ1v) is 5.60. The number of hydrogen-bond donors (Lipinski definition) is 2. The van der Waals surface area contributed by atoms with Crippen LogP contribution in [-0.4, -0.2) is 36.0 Å². The molecule has 0 aromatic carbocycles. The van der Waals surface area contributed by atoms with Crippen LogP contribution in [0.2, 0.25) is 0 Å². The van der Waals surface area contributed by atoms with Crippen LogP contribution in [0.25, 0.3) is 0 Å². The van der Waals surface area contributed by atoms with Gasteiger partial charge in [0.15, 0.2) is 0 Å². The summed E-state index contributed by atoms with van der Waals surface area (Å²) in [5.41, 5.74) is 10.1. The molecule has 4 nitrogen and oxygen atoms in total. The number of carbonyl (C=O) groups is 1. The standard InChI is InChI=1S/C11H25N3O/c1-5-9(2)14(4)8-6-7-11(3,13)10(12)15/h9H,5-8,13H2,1-4H3,(H2,12,15). The zero-order valence-electron chi connectivity index (χ0n) is 10.4. The molecule has 2 atom stereocenters. The van der Waals surface area contributed by atoms with Crippen molar-refractivity contribution in [3.63, 3.8) is 0 Å². The summed E-state index contributed by atoms with van der Waals surface area (Å²) >= 11 is 0. The van der Waals surface area contributed by atoms with Crippen LogP contribution in [-0.2, 0) is 4.79 Å². The number of hydrogen-bond acceptors (Lipinski definition) is 3. The maximum atomic E-state index is 11.0. The van der Waals surface area contributed by atoms with E-state index in [1.54, 1.807) is 6.92 Å². The van der Waals surface area contributed by atoms with Crippen LogP contribution >= 0.6 is 0 Å². The van der Waals surface area contributed by atoms with E-state index in [1.165, 1.54) is 0 Å². The lowest BCUT2D eigenvalue weighted by molar-refractivity contribution is -0.122. The molecule has 1 amide bonds. The van der Waals surface area contributed by atoms with Crippen molar-refractivity contribution < 1.29 is 4.79 Å². The molecule has 0 aliphatic carbocycles. The highest BCUT2D eigenvalue weighted by Gasteiger charge is 2.24. The molecule has 2 unspecified atom stereocenters. The molecule has 0 fully saturated rings. The van der Waals surface area contributed by atoms with E-state index in [9.17, 15) is 4.79 Å². The van der Waals surface area contributed by atoms with E-state index >= 15 is 0 Å². The average Bonchev–Trinajstić information content (AvgIpc) is 2.15. The summed E-state index contributed by atoms with van der Waals surface area (Å²) in [6, 6.07) is 0.572. The molecule has 0 aliphatic heterocycles. The minimum Gasteiger partial charge on any atom is -0.368 e. The third-order valence-corrected chi connectivity index (χ3v) is 3.11. The van der Waals surface area contributed by atoms with Gasteiger partial charge in [0.05, 0.1) is 5.54 Å². The predicted molar refractivity (Wildman–Crippen MR) is 63.4 cm³/mol. The molecule has 0 spiro atoms. The lowest BCUT2D eigenvalue weighted by Crippen LogP contribution is -2.49. The van der Waals surface area contributed by atoms with Crippen LogP contribution in [0.15, 0.2) is 0 Å². The van der Waals surface area contributed by atoms with Crippen molar-refractivity contribution in [1.29, 1.82) is 0 Å². The molecule has 90 valence electrons. The number of nitrogens with two attached hydrogens (primary N) is 2. The van der Waals surface area contributed by atoms with E-state index in [-0.39, 0.29) is 0 Å². The molecule has 0 bridgehead atoms. The lowest BCUT2D eigenvalue weighted by atomic mass is 9.96. The largest absolute Gasteiger partial charge is 0.368 e. The molecule has 0 saturated heterocycles. The Balaban J connectivity index is 3.84. The highest BCUT2D eigenvalue weighted by Crippen LogP contribution is 2.10. The zero-order valence-corrected chi connectivity index (χ0v) is 10.4. The first-order chi connectivity index (χ1) is 6.81. The van der Waals surface area contributed by atoms with Gasteiger partial charge in [-0.25, -0.2) is 0 Å². The predicted octanol–water partition coefficient (Wildman–Crippen LogP) is 0.700. The van der Waals surface area contributed by atoms with Crippen LogP contribution in [0.3, 0.4) is 0 Å². The second-order valence-electron chi connectivity index (χ2n) is 4.62. The quantitative estimate of drug-likeness (QED) is 0.656. The van der Waals surface area contributed by atoms with Crippen molar-refractivity contribution in [1.82, 2.24) is 4.90 Å². The Morgan fingerprint density at radius 1 is 1.53 bits per heavy atom. The number of primary amides is 1. The summed E-state index contributed by atoms with van der Waals surface area (Å²) in [6.45, 7) is 7.00. The van der Waals surface area contributed by atoms with Crippen molar-refractivity contribution in [3.8, 4) is 0 Å². The van der Waals surface area contributed by atoms with E-state index in [1.807, 2.05) is 0 Å². The number of nitrogens with zero attached hydrogens (tertiary/aromatic N) is 1. The van der Waals surface area contributed by atoms with Crippen LogP contribution in [0.1, 0.15) is 40.0 Å². The molecule has 0 saturated carbocycles. The Hall–Kier alpha value is -0.610. The summed E-state index contributed by atoms with van der Waals surface area (Å²) in [7, 11) is 2.09. The normalized spacial score (nSPS) is 17.5. The Bertz CT molecular complexity index is 204. The van der Waals surface area contributed by atoms with Gasteiger partial charge in [-0.2, -0.15) is 0 Å². The van der Waals surface area contributed by atoms with Gasteiger partial charge >= 0.3 is 0 Å². The molecule has 0 radical (unpaired) electrons. The van der Waals surface area contributed by atoms with Gasteiger partial charge in [-0.1, -0.05) is 6.92 Å². The van der Waals surface area contributed by atoms with Gasteiger partial charge in [-0.05, 0) is 46.7 Å². The molecule has 0 aromatic rings. The maximum Gasteiger partial charge on any atom is 0.237 e. The van der Waals surface area contributed by atoms with Gasteiger partial charge in [-0.3, -0.25) is 4.79 Å². The molecule has 4 N–H and O–H groups in total. The minimum absolute atomic E-state index is 0.423. The molecule has 0 aromatic heterocycles. The first-order valence-electron chi connectivity index (χ1n) is 5.60. The summed E-state index contributed by atoms with van der Waals surface area (Å²) in [4.78, 5) is 13.2. The van der Waals surface area contributed by atoms with E-state index in [4.69, 9.17) is 11.5 Å². The monoisotopic (exact) mass is 215 g/mol. The van der Waals surface area contributed by atoms with Gasteiger partial charge in [0.25, 0.3) is 0 Å². The Morgan fingerprint density at radius 3 is 2.47 bits per heavy atom. The van der Waals surface area contributed by atoms with E-state index in [2.05, 4.69) is 25.8 Å². The van der Waals surface area contributed by atoms with Crippen LogP contribution in [0, 0.1) is 0 Å². The third kappa shape index (κ3) is 5.14. The number of rotatable bonds is 7. The third-order valence-electron chi connectivity index (χ3n) is 3.11. The second-order valence-corrected chi connectivity index (χ2v) is 4.62. The lowest BCUT2D eigenvalue weighted by Gasteiger charge is -2.26. The molecular weight excluding hydrogens is 190 g/mol. The van der Waals surface area contributed by atoms with Crippen LogP contribution < -0.4 is 11.5 Å².